The molecule has 0 spiro atoms. The Morgan fingerprint density at radius 1 is 1.08 bits per heavy atom. The first kappa shape index (κ1) is 9.50. The van der Waals surface area contributed by atoms with Crippen LogP contribution in [0.15, 0.2) is 24.3 Å². The molecule has 0 radical (unpaired) electrons. The van der Waals surface area contributed by atoms with Gasteiger partial charge in [-0.05, 0) is 6.92 Å². The third kappa shape index (κ3) is 1.96. The van der Waals surface area contributed by atoms with E-state index < -0.39 is 5.67 Å². The van der Waals surface area contributed by atoms with Crippen molar-refractivity contribution in [2.24, 2.45) is 11.3 Å². The quantitative estimate of drug-likeness (QED) is 0.486. The van der Waals surface area contributed by atoms with Gasteiger partial charge in [-0.25, -0.2) is 4.39 Å². The highest BCUT2D eigenvalue weighted by Gasteiger charge is 2.29. The molecular formula is C11H17F. The lowest BCUT2D eigenvalue weighted by Gasteiger charge is -2.19. The van der Waals surface area contributed by atoms with Crippen LogP contribution in [0.4, 0.5) is 4.39 Å². The first-order valence-corrected chi connectivity index (χ1v) is 4.42. The van der Waals surface area contributed by atoms with Gasteiger partial charge in [0.15, 0.2) is 0 Å². The van der Waals surface area contributed by atoms with Crippen LogP contribution in [0.5, 0.6) is 0 Å². The number of alkyl halides is 1. The van der Waals surface area contributed by atoms with Gasteiger partial charge in [-0.15, -0.1) is 0 Å². The van der Waals surface area contributed by atoms with E-state index in [1.165, 1.54) is 0 Å². The highest BCUT2D eigenvalue weighted by molar-refractivity contribution is 5.19. The Morgan fingerprint density at radius 3 is 2.25 bits per heavy atom. The maximum Gasteiger partial charge on any atom is 0.132 e. The first-order valence-electron chi connectivity index (χ1n) is 4.42. The summed E-state index contributed by atoms with van der Waals surface area (Å²) in [6.07, 6.45) is 7.64. The van der Waals surface area contributed by atoms with Crippen molar-refractivity contribution in [1.29, 1.82) is 0 Å². The van der Waals surface area contributed by atoms with E-state index in [0.717, 1.165) is 0 Å². The number of halogens is 1. The number of allylic oxidation sites excluding steroid dienone is 4. The Morgan fingerprint density at radius 2 is 1.67 bits per heavy atom. The molecule has 1 aliphatic rings. The van der Waals surface area contributed by atoms with E-state index in [0.29, 0.717) is 0 Å². The molecular weight excluding hydrogens is 151 g/mol. The van der Waals surface area contributed by atoms with Crippen LogP contribution < -0.4 is 0 Å². The summed E-state index contributed by atoms with van der Waals surface area (Å²) in [7, 11) is 0. The summed E-state index contributed by atoms with van der Waals surface area (Å²) < 4.78 is 13.7. The highest BCUT2D eigenvalue weighted by atomic mass is 19.1. The van der Waals surface area contributed by atoms with Crippen molar-refractivity contribution in [3.63, 3.8) is 0 Å². The predicted molar refractivity (Wildman–Crippen MR) is 50.7 cm³/mol. The van der Waals surface area contributed by atoms with Crippen molar-refractivity contribution >= 4 is 0 Å². The zero-order valence-corrected chi connectivity index (χ0v) is 8.26. The summed E-state index contributed by atoms with van der Waals surface area (Å²) >= 11 is 0. The zero-order chi connectivity index (χ0) is 9.41. The van der Waals surface area contributed by atoms with Crippen molar-refractivity contribution in [3.05, 3.63) is 24.3 Å². The van der Waals surface area contributed by atoms with Gasteiger partial charge in [0.2, 0.25) is 0 Å². The standard InChI is InChI=1S/C11H17F/c1-9-5-6-10(2,3)7-8-11(9,4)12/h5-9H,1-4H3/t9?,11-/m1/s1. The van der Waals surface area contributed by atoms with Crippen LogP contribution in [0.3, 0.4) is 0 Å². The van der Waals surface area contributed by atoms with E-state index in [4.69, 9.17) is 0 Å². The third-order valence-corrected chi connectivity index (χ3v) is 2.54. The van der Waals surface area contributed by atoms with Crippen LogP contribution in [0, 0.1) is 11.3 Å². The van der Waals surface area contributed by atoms with Crippen LogP contribution in [0.1, 0.15) is 27.7 Å². The molecule has 0 saturated heterocycles. The maximum absolute atomic E-state index is 13.7. The van der Waals surface area contributed by atoms with E-state index in [1.807, 2.05) is 19.1 Å². The molecule has 0 aliphatic heterocycles. The Bertz CT molecular complexity index is 221. The van der Waals surface area contributed by atoms with E-state index in [-0.39, 0.29) is 11.3 Å². The molecule has 0 saturated carbocycles. The second-order valence-electron chi connectivity index (χ2n) is 4.45. The van der Waals surface area contributed by atoms with Gasteiger partial charge in [0, 0.05) is 11.3 Å². The van der Waals surface area contributed by atoms with Crippen molar-refractivity contribution in [2.75, 3.05) is 0 Å². The van der Waals surface area contributed by atoms with Crippen LogP contribution in [-0.4, -0.2) is 5.67 Å². The lowest BCUT2D eigenvalue weighted by molar-refractivity contribution is 0.202. The average Bonchev–Trinajstić information content (AvgIpc) is 2.03. The van der Waals surface area contributed by atoms with Crippen molar-refractivity contribution in [1.82, 2.24) is 0 Å². The Kier molecular flexibility index (Phi) is 2.15. The van der Waals surface area contributed by atoms with Gasteiger partial charge in [-0.3, -0.25) is 0 Å². The smallest absolute Gasteiger partial charge is 0.132 e. The van der Waals surface area contributed by atoms with Crippen molar-refractivity contribution < 1.29 is 4.39 Å². The Hall–Kier alpha value is -0.590. The summed E-state index contributed by atoms with van der Waals surface area (Å²) in [4.78, 5) is 0. The number of rotatable bonds is 0. The minimum Gasteiger partial charge on any atom is -0.239 e. The molecule has 1 rings (SSSR count). The second-order valence-corrected chi connectivity index (χ2v) is 4.45. The minimum absolute atomic E-state index is 0.00188. The molecule has 0 amide bonds. The van der Waals surface area contributed by atoms with Crippen LogP contribution in [-0.2, 0) is 0 Å². The van der Waals surface area contributed by atoms with E-state index >= 15 is 0 Å². The fourth-order valence-corrected chi connectivity index (χ4v) is 1.17. The molecule has 68 valence electrons. The summed E-state index contributed by atoms with van der Waals surface area (Å²) in [5.41, 5.74) is -1.19. The van der Waals surface area contributed by atoms with Gasteiger partial charge < -0.3 is 0 Å². The fourth-order valence-electron chi connectivity index (χ4n) is 1.17. The van der Waals surface area contributed by atoms with Crippen LogP contribution in [0.25, 0.3) is 0 Å². The largest absolute Gasteiger partial charge is 0.239 e. The summed E-state index contributed by atoms with van der Waals surface area (Å²) in [6.45, 7) is 7.68. The fraction of sp³-hybridized carbons (Fsp3) is 0.636. The van der Waals surface area contributed by atoms with Gasteiger partial charge >= 0.3 is 0 Å². The first-order chi connectivity index (χ1) is 5.33. The maximum atomic E-state index is 13.7. The van der Waals surface area contributed by atoms with Crippen LogP contribution in [0.2, 0.25) is 0 Å². The molecule has 0 nitrogen and oxygen atoms in total. The molecule has 0 N–H and O–H groups in total. The normalized spacial score (nSPS) is 39.6. The average molecular weight is 168 g/mol. The van der Waals surface area contributed by atoms with E-state index in [2.05, 4.69) is 19.9 Å². The molecule has 0 aromatic heterocycles. The molecule has 0 heterocycles. The van der Waals surface area contributed by atoms with Gasteiger partial charge in [-0.2, -0.15) is 0 Å². The number of hydrogen-bond donors (Lipinski definition) is 0. The second kappa shape index (κ2) is 2.72. The highest BCUT2D eigenvalue weighted by Crippen LogP contribution is 2.32. The minimum atomic E-state index is -1.19. The SMILES string of the molecule is CC1C=CC(C)(C)C=C[C@@]1(C)F. The van der Waals surface area contributed by atoms with Crippen molar-refractivity contribution in [2.45, 2.75) is 33.4 Å². The molecule has 12 heavy (non-hydrogen) atoms. The molecule has 0 bridgehead atoms. The van der Waals surface area contributed by atoms with Gasteiger partial charge in [0.25, 0.3) is 0 Å². The monoisotopic (exact) mass is 168 g/mol. The summed E-state index contributed by atoms with van der Waals surface area (Å²) in [6, 6.07) is 0. The molecule has 0 aromatic carbocycles. The van der Waals surface area contributed by atoms with Crippen molar-refractivity contribution in [3.8, 4) is 0 Å². The lowest BCUT2D eigenvalue weighted by atomic mass is 9.93. The number of hydrogen-bond acceptors (Lipinski definition) is 0. The van der Waals surface area contributed by atoms with E-state index in [9.17, 15) is 4.39 Å². The topological polar surface area (TPSA) is 0 Å². The zero-order valence-electron chi connectivity index (χ0n) is 8.26. The summed E-state index contributed by atoms with van der Waals surface area (Å²) in [5.74, 6) is -0.0319. The predicted octanol–water partition coefficient (Wildman–Crippen LogP) is 3.50. The molecule has 2 atom stereocenters. The Labute approximate surface area is 74.2 Å². The van der Waals surface area contributed by atoms with Gasteiger partial charge in [0.05, 0.1) is 0 Å². The molecule has 1 aliphatic carbocycles. The van der Waals surface area contributed by atoms with E-state index in [1.54, 1.807) is 13.0 Å². The van der Waals surface area contributed by atoms with Gasteiger partial charge in [0.1, 0.15) is 5.67 Å². The Balaban J connectivity index is 2.98. The molecule has 0 fully saturated rings. The van der Waals surface area contributed by atoms with Crippen LogP contribution >= 0.6 is 0 Å². The molecule has 0 aromatic rings. The van der Waals surface area contributed by atoms with Gasteiger partial charge in [-0.1, -0.05) is 45.1 Å². The third-order valence-electron chi connectivity index (χ3n) is 2.54. The summed E-state index contributed by atoms with van der Waals surface area (Å²) in [5, 5.41) is 0. The molecule has 1 heteroatoms. The lowest BCUT2D eigenvalue weighted by Crippen LogP contribution is -2.22. The molecule has 1 unspecified atom stereocenters.